The fourth-order valence-electron chi connectivity index (χ4n) is 4.00. The first-order chi connectivity index (χ1) is 12.1. The molecule has 1 N–H and O–H groups in total. The molecule has 27 heavy (non-hydrogen) atoms. The van der Waals surface area contributed by atoms with Crippen molar-refractivity contribution in [1.82, 2.24) is 9.80 Å². The highest BCUT2D eigenvalue weighted by Gasteiger charge is 2.47. The van der Waals surface area contributed by atoms with Crippen LogP contribution in [0.2, 0.25) is 0 Å². The summed E-state index contributed by atoms with van der Waals surface area (Å²) >= 11 is 0. The Morgan fingerprint density at radius 2 is 1.70 bits per heavy atom. The van der Waals surface area contributed by atoms with Gasteiger partial charge in [-0.1, -0.05) is 43.2 Å². The van der Waals surface area contributed by atoms with Crippen molar-refractivity contribution >= 4 is 30.8 Å². The Bertz CT molecular complexity index is 562. The van der Waals surface area contributed by atoms with Gasteiger partial charge < -0.3 is 14.7 Å². The van der Waals surface area contributed by atoms with Crippen LogP contribution in [0.15, 0.2) is 30.3 Å². The van der Waals surface area contributed by atoms with Crippen LogP contribution >= 0.6 is 24.8 Å². The normalized spacial score (nSPS) is 21.0. The fourth-order valence-corrected chi connectivity index (χ4v) is 4.00. The largest absolute Gasteiger partial charge is 0.462 e. The average molecular weight is 419 g/mol. The van der Waals surface area contributed by atoms with E-state index in [4.69, 9.17) is 4.74 Å². The molecule has 1 saturated carbocycles. The number of likely N-dealkylation sites (N-methyl/N-ethyl adjacent to an activating group) is 1. The van der Waals surface area contributed by atoms with E-state index in [-0.39, 0.29) is 30.7 Å². The summed E-state index contributed by atoms with van der Waals surface area (Å²) in [4.78, 5) is 17.5. The summed E-state index contributed by atoms with van der Waals surface area (Å²) in [6, 6.07) is 9.30. The molecule has 1 aromatic carbocycles. The van der Waals surface area contributed by atoms with Crippen LogP contribution in [0.5, 0.6) is 0 Å². The van der Waals surface area contributed by atoms with Crippen LogP contribution in [0, 0.1) is 5.92 Å². The molecule has 0 amide bonds. The van der Waals surface area contributed by atoms with Crippen LogP contribution in [0.25, 0.3) is 0 Å². The van der Waals surface area contributed by atoms with Gasteiger partial charge in [0.05, 0.1) is 0 Å². The molecule has 2 aliphatic rings. The number of piperazine rings is 1. The topological polar surface area (TPSA) is 53.0 Å². The van der Waals surface area contributed by atoms with Crippen molar-refractivity contribution in [3.63, 3.8) is 0 Å². The van der Waals surface area contributed by atoms with E-state index in [0.717, 1.165) is 58.4 Å². The van der Waals surface area contributed by atoms with Crippen molar-refractivity contribution in [2.45, 2.75) is 31.3 Å². The summed E-state index contributed by atoms with van der Waals surface area (Å²) < 4.78 is 5.56. The van der Waals surface area contributed by atoms with Crippen molar-refractivity contribution < 1.29 is 14.6 Å². The quantitative estimate of drug-likeness (QED) is 0.719. The summed E-state index contributed by atoms with van der Waals surface area (Å²) in [5.41, 5.74) is -0.855. The highest BCUT2D eigenvalue weighted by atomic mass is 35.5. The Morgan fingerprint density at radius 1 is 1.11 bits per heavy atom. The first-order valence-corrected chi connectivity index (χ1v) is 9.46. The molecule has 7 heteroatoms. The van der Waals surface area contributed by atoms with Crippen LogP contribution < -0.4 is 0 Å². The van der Waals surface area contributed by atoms with Gasteiger partial charge in [-0.15, -0.1) is 24.8 Å². The second kappa shape index (κ2) is 11.2. The molecule has 5 nitrogen and oxygen atoms in total. The third-order valence-electron chi connectivity index (χ3n) is 5.71. The Balaban J connectivity index is 0.00000182. The molecule has 1 aromatic rings. The Labute approximate surface area is 174 Å². The number of rotatable bonds is 6. The molecule has 1 aliphatic carbocycles. The van der Waals surface area contributed by atoms with Crippen LogP contribution in [-0.2, 0) is 15.1 Å². The van der Waals surface area contributed by atoms with Gasteiger partial charge in [-0.25, -0.2) is 4.79 Å². The lowest BCUT2D eigenvalue weighted by atomic mass is 9.80. The van der Waals surface area contributed by atoms with Crippen LogP contribution in [0.1, 0.15) is 31.2 Å². The van der Waals surface area contributed by atoms with Crippen molar-refractivity contribution in [3.05, 3.63) is 35.9 Å². The molecular formula is C20H32Cl2N2O3. The predicted molar refractivity (Wildman–Crippen MR) is 112 cm³/mol. The van der Waals surface area contributed by atoms with E-state index in [1.54, 1.807) is 0 Å². The second-order valence-corrected chi connectivity index (χ2v) is 7.39. The summed E-state index contributed by atoms with van der Waals surface area (Å²) in [5, 5.41) is 11.3. The number of nitrogens with zero attached hydrogens (tertiary/aromatic N) is 2. The molecule has 1 unspecified atom stereocenters. The molecule has 1 saturated heterocycles. The van der Waals surface area contributed by atoms with Gasteiger partial charge in [0.15, 0.2) is 5.60 Å². The molecule has 3 rings (SSSR count). The molecule has 1 atom stereocenters. The molecule has 1 heterocycles. The summed E-state index contributed by atoms with van der Waals surface area (Å²) in [6.07, 6.45) is 3.88. The minimum Gasteiger partial charge on any atom is -0.462 e. The van der Waals surface area contributed by atoms with E-state index in [0.29, 0.717) is 12.2 Å². The molecule has 2 fully saturated rings. The minimum atomic E-state index is -1.51. The van der Waals surface area contributed by atoms with Crippen molar-refractivity contribution in [1.29, 1.82) is 0 Å². The van der Waals surface area contributed by atoms with E-state index < -0.39 is 11.6 Å². The summed E-state index contributed by atoms with van der Waals surface area (Å²) in [5.74, 6) is -0.536. The van der Waals surface area contributed by atoms with E-state index in [1.807, 2.05) is 30.3 Å². The highest BCUT2D eigenvalue weighted by Crippen LogP contribution is 2.41. The lowest BCUT2D eigenvalue weighted by Gasteiger charge is -2.34. The molecule has 1 aliphatic heterocycles. The highest BCUT2D eigenvalue weighted by molar-refractivity contribution is 5.85. The van der Waals surface area contributed by atoms with E-state index in [1.165, 1.54) is 0 Å². The van der Waals surface area contributed by atoms with Gasteiger partial charge >= 0.3 is 5.97 Å². The van der Waals surface area contributed by atoms with Crippen LogP contribution in [0.3, 0.4) is 0 Å². The van der Waals surface area contributed by atoms with Crippen molar-refractivity contribution in [2.75, 3.05) is 46.4 Å². The number of benzene rings is 1. The number of esters is 1. The molecule has 0 bridgehead atoms. The number of halogens is 2. The maximum atomic E-state index is 12.8. The molecule has 0 aromatic heterocycles. The fraction of sp³-hybridized carbons (Fsp3) is 0.650. The van der Waals surface area contributed by atoms with Gasteiger partial charge in [-0.3, -0.25) is 4.90 Å². The maximum absolute atomic E-state index is 12.8. The molecule has 0 radical (unpaired) electrons. The SMILES string of the molecule is CN1CCN(CCOC(=O)C(O)(c2ccccc2)C2CCCC2)CC1.Cl.Cl. The lowest BCUT2D eigenvalue weighted by molar-refractivity contribution is -0.174. The monoisotopic (exact) mass is 418 g/mol. The average Bonchev–Trinajstić information content (AvgIpc) is 3.18. The van der Waals surface area contributed by atoms with Gasteiger partial charge in [-0.2, -0.15) is 0 Å². The van der Waals surface area contributed by atoms with Crippen molar-refractivity contribution in [2.24, 2.45) is 5.92 Å². The second-order valence-electron chi connectivity index (χ2n) is 7.39. The Kier molecular flexibility index (Phi) is 10.1. The predicted octanol–water partition coefficient (Wildman–Crippen LogP) is 2.70. The third kappa shape index (κ3) is 5.81. The number of hydrogen-bond acceptors (Lipinski definition) is 5. The Morgan fingerprint density at radius 3 is 2.30 bits per heavy atom. The first-order valence-electron chi connectivity index (χ1n) is 9.46. The number of hydrogen-bond donors (Lipinski definition) is 1. The molecule has 154 valence electrons. The van der Waals surface area contributed by atoms with Crippen LogP contribution in [-0.4, -0.2) is 67.3 Å². The molecular weight excluding hydrogens is 387 g/mol. The zero-order valence-electron chi connectivity index (χ0n) is 16.0. The van der Waals surface area contributed by atoms with Gasteiger partial charge in [0.1, 0.15) is 6.61 Å². The minimum absolute atomic E-state index is 0. The summed E-state index contributed by atoms with van der Waals surface area (Å²) in [7, 11) is 2.12. The number of aliphatic hydroxyl groups is 1. The van der Waals surface area contributed by atoms with E-state index in [9.17, 15) is 9.90 Å². The lowest BCUT2D eigenvalue weighted by Crippen LogP contribution is -2.47. The van der Waals surface area contributed by atoms with Gasteiger partial charge in [0.2, 0.25) is 0 Å². The number of carbonyl (C=O) groups excluding carboxylic acids is 1. The standard InChI is InChI=1S/C20H30N2O3.2ClH/c1-21-11-13-22(14-12-21)15-16-25-19(23)20(24,18-9-5-6-10-18)17-7-3-2-4-8-17;;/h2-4,7-8,18,24H,5-6,9-16H2,1H3;2*1H. The molecule has 0 spiro atoms. The number of carbonyl (C=O) groups is 1. The zero-order chi connectivity index (χ0) is 17.7. The third-order valence-corrected chi connectivity index (χ3v) is 5.71. The van der Waals surface area contributed by atoms with E-state index in [2.05, 4.69) is 16.8 Å². The zero-order valence-corrected chi connectivity index (χ0v) is 17.6. The maximum Gasteiger partial charge on any atom is 0.343 e. The van der Waals surface area contributed by atoms with Gasteiger partial charge in [0.25, 0.3) is 0 Å². The first kappa shape index (κ1) is 24.2. The van der Waals surface area contributed by atoms with E-state index >= 15 is 0 Å². The van der Waals surface area contributed by atoms with Crippen LogP contribution in [0.4, 0.5) is 0 Å². The Hall–Kier alpha value is -0.850. The number of ether oxygens (including phenoxy) is 1. The van der Waals surface area contributed by atoms with Crippen molar-refractivity contribution in [3.8, 4) is 0 Å². The van der Waals surface area contributed by atoms with Gasteiger partial charge in [-0.05, 0) is 25.5 Å². The smallest absolute Gasteiger partial charge is 0.343 e. The van der Waals surface area contributed by atoms with Gasteiger partial charge in [0, 0.05) is 38.6 Å². The summed E-state index contributed by atoms with van der Waals surface area (Å²) in [6.45, 7) is 5.16.